The molecule has 17 heavy (non-hydrogen) atoms. The molecule has 3 N–H and O–H groups in total. The monoisotopic (exact) mass is 254 g/mol. The minimum atomic E-state index is -2.78. The van der Waals surface area contributed by atoms with Crippen molar-refractivity contribution in [1.82, 2.24) is 0 Å². The summed E-state index contributed by atoms with van der Waals surface area (Å²) in [5.41, 5.74) is 8.58. The van der Waals surface area contributed by atoms with Gasteiger partial charge in [-0.2, -0.15) is 0 Å². The van der Waals surface area contributed by atoms with Gasteiger partial charge in [-0.3, -0.25) is 0 Å². The van der Waals surface area contributed by atoms with Gasteiger partial charge in [-0.15, -0.1) is 0 Å². The zero-order valence-corrected chi connectivity index (χ0v) is 10.8. The first-order valence-corrected chi connectivity index (χ1v) is 7.59. The molecule has 1 unspecified atom stereocenters. The lowest BCUT2D eigenvalue weighted by atomic mass is 10.1. The van der Waals surface area contributed by atoms with E-state index in [0.29, 0.717) is 18.1 Å². The summed E-state index contributed by atoms with van der Waals surface area (Å²) in [5.74, 6) is 0.860. The molecule has 0 radical (unpaired) electrons. The van der Waals surface area contributed by atoms with Gasteiger partial charge in [0, 0.05) is 17.9 Å². The third kappa shape index (κ3) is 3.12. The Kier molecular flexibility index (Phi) is 3.28. The first kappa shape index (κ1) is 12.2. The van der Waals surface area contributed by atoms with Crippen molar-refractivity contribution in [1.29, 1.82) is 0 Å². The Balaban J connectivity index is 1.92. The predicted octanol–water partition coefficient (Wildman–Crippen LogP) is 1.42. The molecule has 4 nitrogen and oxygen atoms in total. The van der Waals surface area contributed by atoms with E-state index in [4.69, 9.17) is 5.73 Å². The Morgan fingerprint density at radius 3 is 2.82 bits per heavy atom. The average molecular weight is 254 g/mol. The number of rotatable bonds is 3. The van der Waals surface area contributed by atoms with E-state index in [1.807, 2.05) is 25.1 Å². The summed E-state index contributed by atoms with van der Waals surface area (Å²) in [6, 6.07) is 5.82. The summed E-state index contributed by atoms with van der Waals surface area (Å²) in [5, 5.41) is 3.25. The maximum Gasteiger partial charge on any atom is 0.150 e. The van der Waals surface area contributed by atoms with Crippen LogP contribution in [0.15, 0.2) is 18.2 Å². The van der Waals surface area contributed by atoms with Gasteiger partial charge in [0.25, 0.3) is 0 Å². The van der Waals surface area contributed by atoms with Gasteiger partial charge in [-0.25, -0.2) is 8.42 Å². The fourth-order valence-corrected chi connectivity index (χ4v) is 3.91. The van der Waals surface area contributed by atoms with E-state index < -0.39 is 9.84 Å². The highest BCUT2D eigenvalue weighted by Crippen LogP contribution is 2.21. The predicted molar refractivity (Wildman–Crippen MR) is 70.8 cm³/mol. The minimum Gasteiger partial charge on any atom is -0.398 e. The van der Waals surface area contributed by atoms with E-state index in [9.17, 15) is 8.42 Å². The van der Waals surface area contributed by atoms with Crippen LogP contribution in [0.4, 0.5) is 11.4 Å². The van der Waals surface area contributed by atoms with Gasteiger partial charge in [-0.1, -0.05) is 6.07 Å². The van der Waals surface area contributed by atoms with Gasteiger partial charge in [0.05, 0.1) is 11.5 Å². The lowest BCUT2D eigenvalue weighted by Gasteiger charge is -2.12. The molecular weight excluding hydrogens is 236 g/mol. The number of nitrogens with two attached hydrogens (primary N) is 1. The van der Waals surface area contributed by atoms with E-state index in [1.54, 1.807) is 0 Å². The van der Waals surface area contributed by atoms with Crippen molar-refractivity contribution in [3.8, 4) is 0 Å². The molecule has 1 heterocycles. The van der Waals surface area contributed by atoms with E-state index >= 15 is 0 Å². The Hall–Kier alpha value is -1.23. The number of sulfone groups is 1. The molecule has 1 aromatic carbocycles. The maximum absolute atomic E-state index is 11.3. The molecule has 0 bridgehead atoms. The molecule has 0 aliphatic carbocycles. The van der Waals surface area contributed by atoms with Crippen molar-refractivity contribution in [3.05, 3.63) is 23.8 Å². The largest absolute Gasteiger partial charge is 0.398 e. The first-order chi connectivity index (χ1) is 7.96. The van der Waals surface area contributed by atoms with Crippen LogP contribution in [0.3, 0.4) is 0 Å². The van der Waals surface area contributed by atoms with Crippen molar-refractivity contribution >= 4 is 21.2 Å². The molecule has 1 atom stereocenters. The third-order valence-electron chi connectivity index (χ3n) is 3.20. The molecule has 1 aromatic rings. The van der Waals surface area contributed by atoms with E-state index in [-0.39, 0.29) is 5.92 Å². The molecule has 1 aliphatic rings. The molecule has 1 saturated heterocycles. The van der Waals surface area contributed by atoms with Crippen molar-refractivity contribution in [3.63, 3.8) is 0 Å². The highest BCUT2D eigenvalue weighted by Gasteiger charge is 2.27. The average Bonchev–Trinajstić information content (AvgIpc) is 2.60. The van der Waals surface area contributed by atoms with Gasteiger partial charge in [0.2, 0.25) is 0 Å². The number of nitrogens with one attached hydrogen (secondary N) is 1. The lowest BCUT2D eigenvalue weighted by Crippen LogP contribution is -2.15. The van der Waals surface area contributed by atoms with Gasteiger partial charge < -0.3 is 11.1 Å². The lowest BCUT2D eigenvalue weighted by molar-refractivity contribution is 0.596. The Bertz CT molecular complexity index is 511. The number of hydrogen-bond donors (Lipinski definition) is 2. The summed E-state index contributed by atoms with van der Waals surface area (Å²) in [4.78, 5) is 0. The topological polar surface area (TPSA) is 72.2 Å². The number of anilines is 2. The zero-order chi connectivity index (χ0) is 12.5. The summed E-state index contributed by atoms with van der Waals surface area (Å²) in [6.07, 6.45) is 0.761. The van der Waals surface area contributed by atoms with Gasteiger partial charge in [0.1, 0.15) is 0 Å². The second kappa shape index (κ2) is 4.56. The molecule has 0 aromatic heterocycles. The van der Waals surface area contributed by atoms with Crippen LogP contribution in [0.25, 0.3) is 0 Å². The first-order valence-electron chi connectivity index (χ1n) is 5.77. The second-order valence-electron chi connectivity index (χ2n) is 4.72. The molecule has 0 spiro atoms. The van der Waals surface area contributed by atoms with Crippen molar-refractivity contribution < 1.29 is 8.42 Å². The minimum absolute atomic E-state index is 0.225. The van der Waals surface area contributed by atoms with Crippen LogP contribution in [0.5, 0.6) is 0 Å². The van der Waals surface area contributed by atoms with Crippen LogP contribution in [0.1, 0.15) is 12.0 Å². The number of hydrogen-bond acceptors (Lipinski definition) is 4. The van der Waals surface area contributed by atoms with Crippen molar-refractivity contribution in [2.24, 2.45) is 5.92 Å². The Morgan fingerprint density at radius 1 is 1.47 bits per heavy atom. The molecule has 2 rings (SSSR count). The smallest absolute Gasteiger partial charge is 0.150 e. The number of benzene rings is 1. The maximum atomic E-state index is 11.3. The summed E-state index contributed by atoms with van der Waals surface area (Å²) in [7, 11) is -2.78. The van der Waals surface area contributed by atoms with Crippen LogP contribution < -0.4 is 11.1 Å². The molecular formula is C12H18N2O2S. The van der Waals surface area contributed by atoms with Crippen LogP contribution in [0.2, 0.25) is 0 Å². The normalized spacial score (nSPS) is 22.5. The fourth-order valence-electron chi connectivity index (χ4n) is 2.05. The van der Waals surface area contributed by atoms with Crippen LogP contribution in [0, 0.1) is 12.8 Å². The van der Waals surface area contributed by atoms with Gasteiger partial charge >= 0.3 is 0 Å². The SMILES string of the molecule is Cc1ccc(NCC2CCS(=O)(=O)C2)cc1N. The molecule has 0 saturated carbocycles. The fraction of sp³-hybridized carbons (Fsp3) is 0.500. The number of aryl methyl sites for hydroxylation is 1. The van der Waals surface area contributed by atoms with Crippen molar-refractivity contribution in [2.45, 2.75) is 13.3 Å². The molecule has 1 fully saturated rings. The Labute approximate surface area is 102 Å². The zero-order valence-electron chi connectivity index (χ0n) is 9.94. The van der Waals surface area contributed by atoms with E-state index in [0.717, 1.165) is 23.4 Å². The van der Waals surface area contributed by atoms with E-state index in [1.165, 1.54) is 0 Å². The Morgan fingerprint density at radius 2 is 2.24 bits per heavy atom. The summed E-state index contributed by atoms with van der Waals surface area (Å²) >= 11 is 0. The van der Waals surface area contributed by atoms with Crippen LogP contribution in [-0.2, 0) is 9.84 Å². The molecule has 94 valence electrons. The highest BCUT2D eigenvalue weighted by atomic mass is 32.2. The van der Waals surface area contributed by atoms with Crippen LogP contribution in [-0.4, -0.2) is 26.5 Å². The summed E-state index contributed by atoms with van der Waals surface area (Å²) < 4.78 is 22.6. The van der Waals surface area contributed by atoms with Gasteiger partial charge in [-0.05, 0) is 37.0 Å². The third-order valence-corrected chi connectivity index (χ3v) is 5.04. The quantitative estimate of drug-likeness (QED) is 0.800. The second-order valence-corrected chi connectivity index (χ2v) is 6.95. The van der Waals surface area contributed by atoms with Gasteiger partial charge in [0.15, 0.2) is 9.84 Å². The molecule has 0 amide bonds. The standard InChI is InChI=1S/C12H18N2O2S/c1-9-2-3-11(6-12(9)13)14-7-10-4-5-17(15,16)8-10/h2-3,6,10,14H,4-5,7-8,13H2,1H3. The molecule has 5 heteroatoms. The number of nitrogen functional groups attached to an aromatic ring is 1. The molecule has 1 aliphatic heterocycles. The van der Waals surface area contributed by atoms with Crippen LogP contribution >= 0.6 is 0 Å². The summed E-state index contributed by atoms with van der Waals surface area (Å²) in [6.45, 7) is 2.66. The van der Waals surface area contributed by atoms with Crippen molar-refractivity contribution in [2.75, 3.05) is 29.1 Å². The van der Waals surface area contributed by atoms with E-state index in [2.05, 4.69) is 5.32 Å². The highest BCUT2D eigenvalue weighted by molar-refractivity contribution is 7.91.